The Morgan fingerprint density at radius 2 is 2.15 bits per heavy atom. The largest absolute Gasteiger partial charge is 0.379 e. The van der Waals surface area contributed by atoms with Crippen LogP contribution in [0.5, 0.6) is 0 Å². The molecule has 1 saturated heterocycles. The van der Waals surface area contributed by atoms with Crippen molar-refractivity contribution in [3.8, 4) is 0 Å². The van der Waals surface area contributed by atoms with E-state index in [-0.39, 0.29) is 5.54 Å². The quantitative estimate of drug-likeness (QED) is 0.906. The zero-order valence-electron chi connectivity index (χ0n) is 12.9. The number of benzene rings is 1. The van der Waals surface area contributed by atoms with E-state index < -0.39 is 0 Å². The number of ether oxygens (including phenoxy) is 1. The van der Waals surface area contributed by atoms with Gasteiger partial charge in [-0.15, -0.1) is 0 Å². The molecule has 3 nitrogen and oxygen atoms in total. The van der Waals surface area contributed by atoms with E-state index >= 15 is 0 Å². The van der Waals surface area contributed by atoms with Crippen molar-refractivity contribution >= 4 is 21.6 Å². The minimum atomic E-state index is 0.142. The van der Waals surface area contributed by atoms with Gasteiger partial charge in [0.2, 0.25) is 0 Å². The van der Waals surface area contributed by atoms with Gasteiger partial charge < -0.3 is 15.0 Å². The van der Waals surface area contributed by atoms with Crippen molar-refractivity contribution in [3.63, 3.8) is 0 Å². The van der Waals surface area contributed by atoms with E-state index in [0.717, 1.165) is 30.7 Å². The smallest absolute Gasteiger partial charge is 0.0670 e. The van der Waals surface area contributed by atoms with Crippen LogP contribution >= 0.6 is 15.9 Å². The fraction of sp³-hybridized carbons (Fsp3) is 0.625. The summed E-state index contributed by atoms with van der Waals surface area (Å²) in [5.74, 6) is 0. The molecule has 2 rings (SSSR count). The summed E-state index contributed by atoms with van der Waals surface area (Å²) in [5.41, 5.74) is 2.68. The molecule has 0 aromatic heterocycles. The molecule has 1 N–H and O–H groups in total. The van der Waals surface area contributed by atoms with Crippen LogP contribution in [0.15, 0.2) is 22.7 Å². The Labute approximate surface area is 130 Å². The van der Waals surface area contributed by atoms with Crippen molar-refractivity contribution in [3.05, 3.63) is 28.2 Å². The molecule has 0 spiro atoms. The Kier molecular flexibility index (Phi) is 5.10. The predicted octanol–water partition coefficient (Wildman–Crippen LogP) is 3.56. The zero-order chi connectivity index (χ0) is 14.8. The van der Waals surface area contributed by atoms with Crippen LogP contribution in [0, 0.1) is 0 Å². The predicted molar refractivity (Wildman–Crippen MR) is 88.4 cm³/mol. The average molecular weight is 341 g/mol. The molecule has 0 aliphatic carbocycles. The van der Waals surface area contributed by atoms with Gasteiger partial charge in [-0.25, -0.2) is 0 Å². The molecule has 1 aromatic rings. The molecule has 1 fully saturated rings. The summed E-state index contributed by atoms with van der Waals surface area (Å²) in [7, 11) is 2.15. The van der Waals surface area contributed by atoms with Gasteiger partial charge in [0.15, 0.2) is 0 Å². The van der Waals surface area contributed by atoms with Crippen molar-refractivity contribution in [1.82, 2.24) is 5.32 Å². The first kappa shape index (κ1) is 15.8. The first-order valence-electron chi connectivity index (χ1n) is 7.21. The summed E-state index contributed by atoms with van der Waals surface area (Å²) in [4.78, 5) is 2.32. The second-order valence-electron chi connectivity index (χ2n) is 6.52. The SMILES string of the molecule is CN(c1ccc(CNC(C)(C)C)cc1Br)C1CCOC1. The molecule has 0 radical (unpaired) electrons. The number of anilines is 1. The molecule has 112 valence electrons. The molecule has 0 amide bonds. The number of nitrogens with one attached hydrogen (secondary N) is 1. The maximum atomic E-state index is 5.47. The molecular weight excluding hydrogens is 316 g/mol. The molecule has 20 heavy (non-hydrogen) atoms. The first-order valence-corrected chi connectivity index (χ1v) is 8.00. The van der Waals surface area contributed by atoms with E-state index in [1.807, 2.05) is 0 Å². The van der Waals surface area contributed by atoms with Crippen molar-refractivity contribution in [2.24, 2.45) is 0 Å². The highest BCUT2D eigenvalue weighted by atomic mass is 79.9. The third-order valence-electron chi connectivity index (χ3n) is 3.67. The highest BCUT2D eigenvalue weighted by molar-refractivity contribution is 9.10. The molecule has 4 heteroatoms. The van der Waals surface area contributed by atoms with Crippen LogP contribution in [0.25, 0.3) is 0 Å². The van der Waals surface area contributed by atoms with Gasteiger partial charge in [0.1, 0.15) is 0 Å². The molecule has 1 heterocycles. The summed E-state index contributed by atoms with van der Waals surface area (Å²) < 4.78 is 6.63. The molecule has 1 aromatic carbocycles. The van der Waals surface area contributed by atoms with E-state index in [0.29, 0.717) is 6.04 Å². The number of nitrogens with zero attached hydrogens (tertiary/aromatic N) is 1. The average Bonchev–Trinajstić information content (AvgIpc) is 2.88. The third kappa shape index (κ3) is 4.21. The summed E-state index contributed by atoms with van der Waals surface area (Å²) >= 11 is 3.71. The Bertz CT molecular complexity index is 450. The Morgan fingerprint density at radius 1 is 1.40 bits per heavy atom. The normalized spacial score (nSPS) is 19.4. The van der Waals surface area contributed by atoms with Gasteiger partial charge in [-0.1, -0.05) is 6.07 Å². The molecule has 1 aliphatic heterocycles. The van der Waals surface area contributed by atoms with Crippen LogP contribution in [0.4, 0.5) is 5.69 Å². The number of hydrogen-bond acceptors (Lipinski definition) is 3. The number of halogens is 1. The minimum Gasteiger partial charge on any atom is -0.379 e. The van der Waals surface area contributed by atoms with E-state index in [9.17, 15) is 0 Å². The Balaban J connectivity index is 2.05. The van der Waals surface area contributed by atoms with Crippen LogP contribution in [0.1, 0.15) is 32.8 Å². The van der Waals surface area contributed by atoms with Crippen molar-refractivity contribution in [1.29, 1.82) is 0 Å². The lowest BCUT2D eigenvalue weighted by Gasteiger charge is -2.27. The van der Waals surface area contributed by atoms with Gasteiger partial charge in [-0.3, -0.25) is 0 Å². The van der Waals surface area contributed by atoms with Gasteiger partial charge in [0, 0.05) is 30.2 Å². The Hall–Kier alpha value is -0.580. The molecular formula is C16H25BrN2O. The van der Waals surface area contributed by atoms with Crippen molar-refractivity contribution in [2.75, 3.05) is 25.2 Å². The molecule has 1 aliphatic rings. The summed E-state index contributed by atoms with van der Waals surface area (Å²) in [6.45, 7) is 9.15. The van der Waals surface area contributed by atoms with Crippen molar-refractivity contribution in [2.45, 2.75) is 45.3 Å². The number of hydrogen-bond donors (Lipinski definition) is 1. The van der Waals surface area contributed by atoms with E-state index in [1.165, 1.54) is 11.3 Å². The summed E-state index contributed by atoms with van der Waals surface area (Å²) in [6.07, 6.45) is 1.11. The lowest BCUT2D eigenvalue weighted by Crippen LogP contribution is -2.35. The van der Waals surface area contributed by atoms with Crippen LogP contribution in [-0.4, -0.2) is 31.8 Å². The van der Waals surface area contributed by atoms with E-state index in [1.54, 1.807) is 0 Å². The maximum absolute atomic E-state index is 5.47. The number of likely N-dealkylation sites (N-methyl/N-ethyl adjacent to an activating group) is 1. The van der Waals surface area contributed by atoms with Gasteiger partial charge in [-0.05, 0) is 60.8 Å². The van der Waals surface area contributed by atoms with E-state index in [4.69, 9.17) is 4.74 Å². The minimum absolute atomic E-state index is 0.142. The van der Waals surface area contributed by atoms with Crippen LogP contribution < -0.4 is 10.2 Å². The zero-order valence-corrected chi connectivity index (χ0v) is 14.5. The summed E-state index contributed by atoms with van der Waals surface area (Å²) in [6, 6.07) is 7.10. The van der Waals surface area contributed by atoms with Gasteiger partial charge >= 0.3 is 0 Å². The van der Waals surface area contributed by atoms with Gasteiger partial charge in [0.05, 0.1) is 18.3 Å². The van der Waals surface area contributed by atoms with Gasteiger partial charge in [-0.2, -0.15) is 0 Å². The lowest BCUT2D eigenvalue weighted by molar-refractivity contribution is 0.193. The monoisotopic (exact) mass is 340 g/mol. The van der Waals surface area contributed by atoms with Crippen LogP contribution in [0.3, 0.4) is 0 Å². The molecule has 1 atom stereocenters. The van der Waals surface area contributed by atoms with E-state index in [2.05, 4.69) is 72.2 Å². The molecule has 0 saturated carbocycles. The molecule has 0 bridgehead atoms. The fourth-order valence-electron chi connectivity index (χ4n) is 2.34. The second-order valence-corrected chi connectivity index (χ2v) is 7.37. The fourth-order valence-corrected chi connectivity index (χ4v) is 3.04. The molecule has 1 unspecified atom stereocenters. The highest BCUT2D eigenvalue weighted by Gasteiger charge is 2.22. The standard InChI is InChI=1S/C16H25BrN2O/c1-16(2,3)18-10-12-5-6-15(14(17)9-12)19(4)13-7-8-20-11-13/h5-6,9,13,18H,7-8,10-11H2,1-4H3. The summed E-state index contributed by atoms with van der Waals surface area (Å²) in [5, 5.41) is 3.51. The number of rotatable bonds is 4. The van der Waals surface area contributed by atoms with Gasteiger partial charge in [0.25, 0.3) is 0 Å². The first-order chi connectivity index (χ1) is 9.37. The van der Waals surface area contributed by atoms with Crippen molar-refractivity contribution < 1.29 is 4.74 Å². The van der Waals surface area contributed by atoms with Crippen LogP contribution in [0.2, 0.25) is 0 Å². The maximum Gasteiger partial charge on any atom is 0.0670 e. The van der Waals surface area contributed by atoms with Crippen LogP contribution in [-0.2, 0) is 11.3 Å². The highest BCUT2D eigenvalue weighted by Crippen LogP contribution is 2.29. The second kappa shape index (κ2) is 6.46. The lowest BCUT2D eigenvalue weighted by atomic mass is 10.1. The Morgan fingerprint density at radius 3 is 2.70 bits per heavy atom. The third-order valence-corrected chi connectivity index (χ3v) is 4.30. The topological polar surface area (TPSA) is 24.5 Å².